The second-order valence-electron chi connectivity index (χ2n) is 1.99. The van der Waals surface area contributed by atoms with Gasteiger partial charge in [0, 0.05) is 0 Å². The van der Waals surface area contributed by atoms with Crippen molar-refractivity contribution in [1.29, 1.82) is 0 Å². The highest BCUT2D eigenvalue weighted by molar-refractivity contribution is 5.44. The SMILES string of the molecule is O=c1c(O)c(O)n(O)c(O)c1O. The van der Waals surface area contributed by atoms with Crippen LogP contribution in [-0.4, -0.2) is 30.4 Å². The third-order valence-corrected chi connectivity index (χ3v) is 1.26. The first-order chi connectivity index (χ1) is 5.46. The molecule has 0 saturated heterocycles. The van der Waals surface area contributed by atoms with Crippen molar-refractivity contribution in [1.82, 2.24) is 4.73 Å². The van der Waals surface area contributed by atoms with E-state index in [1.54, 1.807) is 0 Å². The van der Waals surface area contributed by atoms with E-state index in [2.05, 4.69) is 0 Å². The fraction of sp³-hybridized carbons (Fsp3) is 0. The van der Waals surface area contributed by atoms with E-state index in [9.17, 15) is 4.79 Å². The molecule has 66 valence electrons. The van der Waals surface area contributed by atoms with Gasteiger partial charge in [-0.1, -0.05) is 0 Å². The minimum absolute atomic E-state index is 0.327. The van der Waals surface area contributed by atoms with E-state index >= 15 is 0 Å². The molecule has 12 heavy (non-hydrogen) atoms. The highest BCUT2D eigenvalue weighted by atomic mass is 16.5. The van der Waals surface area contributed by atoms with Crippen LogP contribution in [0.25, 0.3) is 0 Å². The molecule has 0 radical (unpaired) electrons. The summed E-state index contributed by atoms with van der Waals surface area (Å²) in [5.74, 6) is -4.97. The summed E-state index contributed by atoms with van der Waals surface area (Å²) in [6.45, 7) is 0. The van der Waals surface area contributed by atoms with Gasteiger partial charge in [0.25, 0.3) is 17.2 Å². The topological polar surface area (TPSA) is 123 Å². The molecule has 1 aromatic rings. The Kier molecular flexibility index (Phi) is 1.49. The van der Waals surface area contributed by atoms with Crippen molar-refractivity contribution in [2.45, 2.75) is 0 Å². The lowest BCUT2D eigenvalue weighted by Gasteiger charge is -2.05. The summed E-state index contributed by atoms with van der Waals surface area (Å²) in [7, 11) is 0. The predicted molar refractivity (Wildman–Crippen MR) is 34.5 cm³/mol. The van der Waals surface area contributed by atoms with E-state index in [-0.39, 0.29) is 4.73 Å². The van der Waals surface area contributed by atoms with Crippen molar-refractivity contribution < 1.29 is 25.6 Å². The summed E-state index contributed by atoms with van der Waals surface area (Å²) < 4.78 is -0.327. The first-order valence-electron chi connectivity index (χ1n) is 2.75. The third kappa shape index (κ3) is 0.797. The largest absolute Gasteiger partial charge is 0.500 e. The van der Waals surface area contributed by atoms with Crippen molar-refractivity contribution in [3.05, 3.63) is 10.2 Å². The van der Waals surface area contributed by atoms with Crippen molar-refractivity contribution in [2.24, 2.45) is 0 Å². The van der Waals surface area contributed by atoms with Gasteiger partial charge in [0.05, 0.1) is 0 Å². The summed E-state index contributed by atoms with van der Waals surface area (Å²) >= 11 is 0. The molecule has 1 aromatic heterocycles. The zero-order valence-corrected chi connectivity index (χ0v) is 5.59. The fourth-order valence-electron chi connectivity index (χ4n) is 0.616. The van der Waals surface area contributed by atoms with Crippen molar-refractivity contribution >= 4 is 0 Å². The van der Waals surface area contributed by atoms with Crippen LogP contribution in [-0.2, 0) is 0 Å². The molecule has 7 nitrogen and oxygen atoms in total. The fourth-order valence-corrected chi connectivity index (χ4v) is 0.616. The Labute approximate surface area is 64.9 Å². The summed E-state index contributed by atoms with van der Waals surface area (Å²) in [6.07, 6.45) is 0. The van der Waals surface area contributed by atoms with Gasteiger partial charge < -0.3 is 25.6 Å². The first kappa shape index (κ1) is 8.05. The van der Waals surface area contributed by atoms with Crippen LogP contribution in [0.15, 0.2) is 4.79 Å². The van der Waals surface area contributed by atoms with Crippen LogP contribution in [0.3, 0.4) is 0 Å². The van der Waals surface area contributed by atoms with Crippen LogP contribution < -0.4 is 5.43 Å². The Balaban J connectivity index is 3.73. The van der Waals surface area contributed by atoms with Crippen LogP contribution >= 0.6 is 0 Å². The van der Waals surface area contributed by atoms with Crippen molar-refractivity contribution in [3.8, 4) is 23.3 Å². The lowest BCUT2D eigenvalue weighted by atomic mass is 10.4. The van der Waals surface area contributed by atoms with E-state index in [1.807, 2.05) is 0 Å². The van der Waals surface area contributed by atoms with Crippen LogP contribution in [0.1, 0.15) is 0 Å². The number of rotatable bonds is 0. The van der Waals surface area contributed by atoms with Gasteiger partial charge in [-0.3, -0.25) is 4.79 Å². The van der Waals surface area contributed by atoms with E-state index in [0.29, 0.717) is 0 Å². The molecule has 1 heterocycles. The van der Waals surface area contributed by atoms with Crippen molar-refractivity contribution in [2.75, 3.05) is 0 Å². The van der Waals surface area contributed by atoms with Crippen LogP contribution in [0.4, 0.5) is 0 Å². The van der Waals surface area contributed by atoms with Gasteiger partial charge in [-0.15, -0.1) is 4.73 Å². The molecule has 0 fully saturated rings. The quantitative estimate of drug-likeness (QED) is 0.319. The number of hydrogen-bond donors (Lipinski definition) is 5. The average molecular weight is 175 g/mol. The molecule has 7 heteroatoms. The highest BCUT2D eigenvalue weighted by Crippen LogP contribution is 2.29. The Morgan fingerprint density at radius 3 is 1.58 bits per heavy atom. The average Bonchev–Trinajstić information content (AvgIpc) is 2.08. The molecule has 0 aliphatic heterocycles. The second kappa shape index (κ2) is 2.22. The Morgan fingerprint density at radius 1 is 0.917 bits per heavy atom. The molecule has 0 atom stereocenters. The van der Waals surface area contributed by atoms with Gasteiger partial charge >= 0.3 is 0 Å². The molecule has 0 saturated carbocycles. The third-order valence-electron chi connectivity index (χ3n) is 1.26. The molecule has 0 bridgehead atoms. The normalized spacial score (nSPS) is 10.0. The first-order valence-corrected chi connectivity index (χ1v) is 2.75. The summed E-state index contributed by atoms with van der Waals surface area (Å²) in [5.41, 5.74) is -1.37. The zero-order valence-electron chi connectivity index (χ0n) is 5.59. The molecular formula is C5H5NO6. The smallest absolute Gasteiger partial charge is 0.276 e. The number of nitrogens with zero attached hydrogens (tertiary/aromatic N) is 1. The molecule has 0 aliphatic rings. The van der Waals surface area contributed by atoms with E-state index in [4.69, 9.17) is 25.6 Å². The number of aromatic hydroxyl groups is 4. The zero-order chi connectivity index (χ0) is 9.46. The molecule has 0 spiro atoms. The predicted octanol–water partition coefficient (Wildman–Crippen LogP) is -1.09. The van der Waals surface area contributed by atoms with Crippen LogP contribution in [0.5, 0.6) is 23.3 Å². The van der Waals surface area contributed by atoms with Gasteiger partial charge in [-0.05, 0) is 0 Å². The van der Waals surface area contributed by atoms with Gasteiger partial charge in [-0.2, -0.15) is 0 Å². The molecule has 0 amide bonds. The Bertz CT molecular complexity index is 348. The van der Waals surface area contributed by atoms with Crippen LogP contribution in [0.2, 0.25) is 0 Å². The van der Waals surface area contributed by atoms with Gasteiger partial charge in [-0.25, -0.2) is 0 Å². The number of hydrogen-bond acceptors (Lipinski definition) is 6. The number of aromatic nitrogens is 1. The van der Waals surface area contributed by atoms with E-state index < -0.39 is 28.7 Å². The maximum atomic E-state index is 10.6. The van der Waals surface area contributed by atoms with Gasteiger partial charge in [0.2, 0.25) is 11.5 Å². The molecule has 0 unspecified atom stereocenters. The van der Waals surface area contributed by atoms with Gasteiger partial charge in [0.15, 0.2) is 0 Å². The van der Waals surface area contributed by atoms with Crippen LogP contribution in [0, 0.1) is 0 Å². The second-order valence-corrected chi connectivity index (χ2v) is 1.99. The van der Waals surface area contributed by atoms with E-state index in [1.165, 1.54) is 0 Å². The molecule has 0 aliphatic carbocycles. The minimum Gasteiger partial charge on any atom is -0.500 e. The summed E-state index contributed by atoms with van der Waals surface area (Å²) in [5, 5.41) is 43.4. The van der Waals surface area contributed by atoms with Crippen molar-refractivity contribution in [3.63, 3.8) is 0 Å². The van der Waals surface area contributed by atoms with Gasteiger partial charge in [0.1, 0.15) is 0 Å². The molecular weight excluding hydrogens is 170 g/mol. The van der Waals surface area contributed by atoms with E-state index in [0.717, 1.165) is 0 Å². The molecule has 1 rings (SSSR count). The Morgan fingerprint density at radius 2 is 1.25 bits per heavy atom. The lowest BCUT2D eigenvalue weighted by Crippen LogP contribution is -2.06. The molecule has 5 N–H and O–H groups in total. The Hall–Kier alpha value is -2.05. The standard InChI is InChI=1S/C5H5NO6/c7-1-2(8)4(10)6(12)5(11)3(1)9/h8-12H. The monoisotopic (exact) mass is 175 g/mol. The highest BCUT2D eigenvalue weighted by Gasteiger charge is 2.19. The summed E-state index contributed by atoms with van der Waals surface area (Å²) in [4.78, 5) is 10.6. The number of pyridine rings is 1. The minimum atomic E-state index is -1.37. The molecule has 0 aromatic carbocycles. The summed E-state index contributed by atoms with van der Waals surface area (Å²) in [6, 6.07) is 0. The maximum absolute atomic E-state index is 10.6. The maximum Gasteiger partial charge on any atom is 0.276 e. The lowest BCUT2D eigenvalue weighted by molar-refractivity contribution is 0.115.